The largest absolute Gasteiger partial charge is 0.306 e. The van der Waals surface area contributed by atoms with Gasteiger partial charge in [0.2, 0.25) is 0 Å². The number of hydrogen-bond donors (Lipinski definition) is 0. The lowest BCUT2D eigenvalue weighted by Crippen LogP contribution is -2.35. The molecule has 0 amide bonds. The molecule has 1 aromatic heterocycles. The first kappa shape index (κ1) is 16.9. The Bertz CT molecular complexity index is 842. The molecule has 2 nitrogen and oxygen atoms in total. The average Bonchev–Trinajstić information content (AvgIpc) is 2.72. The van der Waals surface area contributed by atoms with Gasteiger partial charge >= 0.3 is 0 Å². The van der Waals surface area contributed by atoms with Gasteiger partial charge in [-0.2, -0.15) is 0 Å². The average molecular weight is 344 g/mol. The highest BCUT2D eigenvalue weighted by Gasteiger charge is 2.33. The molecule has 2 aliphatic rings. The molecule has 0 saturated carbocycles. The van der Waals surface area contributed by atoms with Gasteiger partial charge in [0.15, 0.2) is 0 Å². The number of halogens is 1. The van der Waals surface area contributed by atoms with Gasteiger partial charge in [-0.15, -0.1) is 0 Å². The van der Waals surface area contributed by atoms with E-state index in [9.17, 15) is 0 Å². The van der Waals surface area contributed by atoms with Gasteiger partial charge in [0, 0.05) is 17.1 Å². The van der Waals surface area contributed by atoms with Crippen molar-refractivity contribution < 1.29 is 0 Å². The Balaban J connectivity index is 1.90. The van der Waals surface area contributed by atoms with E-state index in [4.69, 9.17) is 32.3 Å². The number of fused-ring (bicyclic) bond motifs is 2. The first-order valence-electron chi connectivity index (χ1n) is 8.74. The smallest absolute Gasteiger partial charge is 0.115 e. The monoisotopic (exact) mass is 344 g/mol. The number of benzene rings is 1. The molecule has 1 aromatic carbocycles. The summed E-state index contributed by atoms with van der Waals surface area (Å²) in [6.45, 7) is 2.20. The zero-order valence-electron chi connectivity index (χ0n) is 14.4. The van der Waals surface area contributed by atoms with Crippen molar-refractivity contribution in [1.29, 1.82) is 0 Å². The molecule has 1 fully saturated rings. The van der Waals surface area contributed by atoms with Gasteiger partial charge in [-0.1, -0.05) is 46.8 Å². The van der Waals surface area contributed by atoms with Crippen LogP contribution in [0.3, 0.4) is 0 Å². The SMILES string of the molecule is [B]c1cnc2c(c1)C=Cc1cc(Cl)cc([B])c1C2C1CCN(C)CC1. The summed E-state index contributed by atoms with van der Waals surface area (Å²) in [5.41, 5.74) is 5.84. The number of aromatic nitrogens is 1. The highest BCUT2D eigenvalue weighted by Crippen LogP contribution is 2.41. The maximum atomic E-state index is 6.44. The maximum Gasteiger partial charge on any atom is 0.115 e. The van der Waals surface area contributed by atoms with Gasteiger partial charge < -0.3 is 4.90 Å². The van der Waals surface area contributed by atoms with Crippen molar-refractivity contribution in [3.63, 3.8) is 0 Å². The Labute approximate surface area is 157 Å². The zero-order chi connectivity index (χ0) is 17.6. The standard InChI is InChI=1S/C20H19B2ClN2/c1-25-6-4-12(5-7-25)19-18-13(9-16(23)10-17(18)22)2-3-14-8-15(21)11-24-20(14)19/h2-3,8-12,19H,4-7H2,1H3. The summed E-state index contributed by atoms with van der Waals surface area (Å²) in [6.07, 6.45) is 8.20. The van der Waals surface area contributed by atoms with Crippen molar-refractivity contribution >= 4 is 50.4 Å². The van der Waals surface area contributed by atoms with E-state index in [0.29, 0.717) is 16.4 Å². The first-order chi connectivity index (χ1) is 12.0. The van der Waals surface area contributed by atoms with Crippen LogP contribution in [0.15, 0.2) is 24.4 Å². The number of rotatable bonds is 1. The van der Waals surface area contributed by atoms with Crippen LogP contribution >= 0.6 is 11.6 Å². The number of pyridine rings is 1. The summed E-state index contributed by atoms with van der Waals surface area (Å²) in [7, 11) is 14.6. The van der Waals surface area contributed by atoms with Crippen LogP contribution in [0.25, 0.3) is 12.2 Å². The Morgan fingerprint density at radius 3 is 2.56 bits per heavy atom. The molecular formula is C20H19B2ClN2. The third kappa shape index (κ3) is 3.18. The van der Waals surface area contributed by atoms with Crippen LogP contribution in [0.5, 0.6) is 0 Å². The highest BCUT2D eigenvalue weighted by atomic mass is 35.5. The van der Waals surface area contributed by atoms with Gasteiger partial charge in [0.05, 0.1) is 5.69 Å². The summed E-state index contributed by atoms with van der Waals surface area (Å²) in [6, 6.07) is 5.86. The first-order valence-corrected chi connectivity index (χ1v) is 9.11. The van der Waals surface area contributed by atoms with Crippen molar-refractivity contribution in [1.82, 2.24) is 9.88 Å². The van der Waals surface area contributed by atoms with Gasteiger partial charge in [0.25, 0.3) is 0 Å². The molecule has 1 atom stereocenters. The zero-order valence-corrected chi connectivity index (χ0v) is 15.1. The second kappa shape index (κ2) is 6.66. The van der Waals surface area contributed by atoms with Crippen molar-refractivity contribution in [2.75, 3.05) is 20.1 Å². The Kier molecular flexibility index (Phi) is 4.51. The predicted molar refractivity (Wildman–Crippen MR) is 107 cm³/mol. The minimum atomic E-state index is 0.173. The van der Waals surface area contributed by atoms with Crippen molar-refractivity contribution in [3.8, 4) is 0 Å². The Morgan fingerprint density at radius 2 is 1.80 bits per heavy atom. The van der Waals surface area contributed by atoms with Crippen LogP contribution < -0.4 is 10.9 Å². The van der Waals surface area contributed by atoms with Crippen LogP contribution in [0.1, 0.15) is 41.1 Å². The summed E-state index contributed by atoms with van der Waals surface area (Å²) in [4.78, 5) is 7.12. The fourth-order valence-electron chi connectivity index (χ4n) is 4.20. The topological polar surface area (TPSA) is 16.1 Å². The lowest BCUT2D eigenvalue weighted by atomic mass is 9.71. The molecule has 4 rings (SSSR count). The molecule has 1 aliphatic carbocycles. The summed E-state index contributed by atoms with van der Waals surface area (Å²) >= 11 is 6.27. The number of hydrogen-bond acceptors (Lipinski definition) is 2. The normalized spacial score (nSPS) is 20.8. The lowest BCUT2D eigenvalue weighted by Gasteiger charge is -2.36. The van der Waals surface area contributed by atoms with E-state index >= 15 is 0 Å². The Morgan fingerprint density at radius 1 is 1.08 bits per heavy atom. The van der Waals surface area contributed by atoms with E-state index in [1.54, 1.807) is 6.20 Å². The van der Waals surface area contributed by atoms with Crippen LogP contribution in [-0.4, -0.2) is 45.7 Å². The number of piperidine rings is 1. The second-order valence-corrected chi connectivity index (χ2v) is 7.63. The van der Waals surface area contributed by atoms with Crippen molar-refractivity contribution in [2.24, 2.45) is 5.92 Å². The van der Waals surface area contributed by atoms with Gasteiger partial charge in [-0.25, -0.2) is 0 Å². The third-order valence-corrected chi connectivity index (χ3v) is 5.68. The van der Waals surface area contributed by atoms with E-state index in [1.165, 1.54) is 0 Å². The minimum absolute atomic E-state index is 0.173. The molecule has 0 bridgehead atoms. The van der Waals surface area contributed by atoms with E-state index in [2.05, 4.69) is 24.1 Å². The Hall–Kier alpha value is -1.51. The fraction of sp³-hybridized carbons (Fsp3) is 0.350. The predicted octanol–water partition coefficient (Wildman–Crippen LogP) is 2.28. The molecule has 122 valence electrons. The molecule has 1 unspecified atom stereocenters. The van der Waals surface area contributed by atoms with Crippen LogP contribution in [-0.2, 0) is 0 Å². The third-order valence-electron chi connectivity index (χ3n) is 5.46. The molecule has 4 radical (unpaired) electrons. The minimum Gasteiger partial charge on any atom is -0.306 e. The van der Waals surface area contributed by atoms with Crippen LogP contribution in [0, 0.1) is 5.92 Å². The van der Waals surface area contributed by atoms with Gasteiger partial charge in [0.1, 0.15) is 15.7 Å². The second-order valence-electron chi connectivity index (χ2n) is 7.19. The molecular weight excluding hydrogens is 325 g/mol. The van der Waals surface area contributed by atoms with E-state index in [0.717, 1.165) is 53.8 Å². The lowest BCUT2D eigenvalue weighted by molar-refractivity contribution is 0.206. The molecule has 5 heteroatoms. The number of nitrogens with zero attached hydrogens (tertiary/aromatic N) is 2. The quantitative estimate of drug-likeness (QED) is 0.738. The number of likely N-dealkylation sites (tertiary alicyclic amines) is 1. The maximum absolute atomic E-state index is 6.44. The molecule has 25 heavy (non-hydrogen) atoms. The molecule has 2 aromatic rings. The highest BCUT2D eigenvalue weighted by molar-refractivity contribution is 6.37. The molecule has 1 aliphatic heterocycles. The summed E-state index contributed by atoms with van der Waals surface area (Å²) in [5, 5.41) is 0.668. The van der Waals surface area contributed by atoms with Gasteiger partial charge in [-0.05, 0) is 61.7 Å². The van der Waals surface area contributed by atoms with Crippen molar-refractivity contribution in [2.45, 2.75) is 18.8 Å². The summed E-state index contributed by atoms with van der Waals surface area (Å²) < 4.78 is 0. The summed E-state index contributed by atoms with van der Waals surface area (Å²) in [5.74, 6) is 0.680. The molecule has 1 saturated heterocycles. The van der Waals surface area contributed by atoms with E-state index in [-0.39, 0.29) is 5.92 Å². The van der Waals surface area contributed by atoms with E-state index in [1.807, 2.05) is 18.2 Å². The molecule has 2 heterocycles. The van der Waals surface area contributed by atoms with Crippen LogP contribution in [0.4, 0.5) is 0 Å². The molecule has 0 spiro atoms. The van der Waals surface area contributed by atoms with Gasteiger partial charge in [-0.3, -0.25) is 4.98 Å². The van der Waals surface area contributed by atoms with Crippen LogP contribution in [0.2, 0.25) is 5.02 Å². The molecule has 0 N–H and O–H groups in total. The van der Waals surface area contributed by atoms with E-state index < -0.39 is 0 Å². The van der Waals surface area contributed by atoms with Crippen molar-refractivity contribution in [3.05, 3.63) is 51.8 Å². The fourth-order valence-corrected chi connectivity index (χ4v) is 4.43.